The summed E-state index contributed by atoms with van der Waals surface area (Å²) in [5, 5.41) is 0. The molecular weight excluding hydrogens is 629 g/mol. The minimum atomic E-state index is -0.210. The lowest BCUT2D eigenvalue weighted by Crippen LogP contribution is -2.46. The molecule has 8 rings (SSSR count). The molecule has 51 heavy (non-hydrogen) atoms. The Morgan fingerprint density at radius 2 is 1.37 bits per heavy atom. The van der Waals surface area contributed by atoms with Crippen molar-refractivity contribution in [3.05, 3.63) is 138 Å². The van der Waals surface area contributed by atoms with Gasteiger partial charge in [0, 0.05) is 30.7 Å². The first-order valence-corrected chi connectivity index (χ1v) is 19.3. The van der Waals surface area contributed by atoms with Crippen LogP contribution in [0.5, 0.6) is 0 Å². The predicted molar refractivity (Wildman–Crippen MR) is 204 cm³/mol. The Morgan fingerprint density at radius 3 is 2.06 bits per heavy atom. The van der Waals surface area contributed by atoms with E-state index in [2.05, 4.69) is 95.3 Å². The fourth-order valence-electron chi connectivity index (χ4n) is 9.91. The summed E-state index contributed by atoms with van der Waals surface area (Å²) in [7, 11) is 0. The SMILES string of the molecule is Cc1nc2ccccc2n1C1CC2CCC(C1)N2CCCC1(c2ccccc2)CCC(N(Cc2ccccc2)C(=O)OCc2ccccc2)CC1. The van der Waals surface area contributed by atoms with Crippen LogP contribution in [0.3, 0.4) is 0 Å². The van der Waals surface area contributed by atoms with Gasteiger partial charge >= 0.3 is 6.09 Å². The number of rotatable bonds is 11. The van der Waals surface area contributed by atoms with Gasteiger partial charge < -0.3 is 14.2 Å². The largest absolute Gasteiger partial charge is 0.445 e. The Kier molecular flexibility index (Phi) is 9.95. The number of carbonyl (C=O) groups is 1. The van der Waals surface area contributed by atoms with E-state index in [0.29, 0.717) is 31.3 Å². The minimum Gasteiger partial charge on any atom is -0.445 e. The summed E-state index contributed by atoms with van der Waals surface area (Å²) >= 11 is 0. The van der Waals surface area contributed by atoms with E-state index in [4.69, 9.17) is 9.72 Å². The predicted octanol–water partition coefficient (Wildman–Crippen LogP) is 10.0. The zero-order valence-corrected chi connectivity index (χ0v) is 30.1. The van der Waals surface area contributed by atoms with E-state index < -0.39 is 0 Å². The highest BCUT2D eigenvalue weighted by Gasteiger charge is 2.43. The van der Waals surface area contributed by atoms with Crippen LogP contribution < -0.4 is 0 Å². The summed E-state index contributed by atoms with van der Waals surface area (Å²) in [4.78, 5) is 23.5. The number of aromatic nitrogens is 2. The number of carbonyl (C=O) groups excluding carboxylic acids is 1. The van der Waals surface area contributed by atoms with Crippen molar-refractivity contribution in [2.75, 3.05) is 6.54 Å². The van der Waals surface area contributed by atoms with Gasteiger partial charge in [0.25, 0.3) is 0 Å². The number of hydrogen-bond donors (Lipinski definition) is 0. The molecule has 2 aliphatic heterocycles. The van der Waals surface area contributed by atoms with Crippen LogP contribution >= 0.6 is 0 Å². The first-order valence-electron chi connectivity index (χ1n) is 19.3. The van der Waals surface area contributed by atoms with Crippen molar-refractivity contribution in [2.45, 2.75) is 114 Å². The highest BCUT2D eigenvalue weighted by Crippen LogP contribution is 2.46. The third-order valence-electron chi connectivity index (χ3n) is 12.4. The van der Waals surface area contributed by atoms with Gasteiger partial charge in [-0.3, -0.25) is 4.90 Å². The Morgan fingerprint density at radius 1 is 0.765 bits per heavy atom. The molecule has 6 nitrogen and oxygen atoms in total. The maximum absolute atomic E-state index is 13.7. The molecule has 0 radical (unpaired) electrons. The van der Waals surface area contributed by atoms with Gasteiger partial charge in [-0.1, -0.05) is 103 Å². The average molecular weight is 681 g/mol. The molecule has 5 aromatic rings. The van der Waals surface area contributed by atoms with Crippen molar-refractivity contribution in [1.29, 1.82) is 0 Å². The van der Waals surface area contributed by atoms with Crippen LogP contribution in [0.25, 0.3) is 11.0 Å². The molecule has 2 unspecified atom stereocenters. The maximum atomic E-state index is 13.7. The van der Waals surface area contributed by atoms with Gasteiger partial charge in [0.05, 0.1) is 11.0 Å². The molecule has 2 atom stereocenters. The Bertz CT molecular complexity index is 1870. The average Bonchev–Trinajstić information content (AvgIpc) is 3.63. The topological polar surface area (TPSA) is 50.6 Å². The molecule has 0 spiro atoms. The van der Waals surface area contributed by atoms with Crippen molar-refractivity contribution in [2.24, 2.45) is 0 Å². The highest BCUT2D eigenvalue weighted by atomic mass is 16.6. The van der Waals surface area contributed by atoms with Gasteiger partial charge in [-0.25, -0.2) is 9.78 Å². The molecule has 3 fully saturated rings. The maximum Gasteiger partial charge on any atom is 0.410 e. The molecule has 1 amide bonds. The summed E-state index contributed by atoms with van der Waals surface area (Å²) in [6.45, 7) is 4.23. The number of nitrogens with zero attached hydrogens (tertiary/aromatic N) is 4. The number of amides is 1. The van der Waals surface area contributed by atoms with Crippen LogP contribution in [0.2, 0.25) is 0 Å². The Balaban J connectivity index is 0.936. The Labute approximate surface area is 303 Å². The van der Waals surface area contributed by atoms with Gasteiger partial charge in [-0.2, -0.15) is 0 Å². The van der Waals surface area contributed by atoms with Crippen molar-refractivity contribution >= 4 is 17.1 Å². The van der Waals surface area contributed by atoms with Crippen molar-refractivity contribution in [3.8, 4) is 0 Å². The van der Waals surface area contributed by atoms with E-state index >= 15 is 0 Å². The lowest BCUT2D eigenvalue weighted by molar-refractivity contribution is 0.0579. The quantitative estimate of drug-likeness (QED) is 0.139. The minimum absolute atomic E-state index is 0.133. The monoisotopic (exact) mass is 680 g/mol. The number of para-hydroxylation sites is 2. The molecule has 1 saturated carbocycles. The Hall–Kier alpha value is -4.42. The third-order valence-corrected chi connectivity index (χ3v) is 12.4. The third kappa shape index (κ3) is 7.21. The van der Waals surface area contributed by atoms with Gasteiger partial charge in [0.1, 0.15) is 12.4 Å². The zero-order chi connectivity index (χ0) is 34.6. The standard InChI is InChI=1S/C45H52N4O2/c1-34-46-42-20-11-12-21-43(42)49(34)41-30-39-22-23-40(31-41)47(39)29-13-26-45(37-18-9-4-10-19-37)27-24-38(25-28-45)48(32-35-14-5-2-6-15-35)44(50)51-33-36-16-7-3-8-17-36/h2-12,14-21,38-41H,13,22-33H2,1H3. The number of hydrogen-bond acceptors (Lipinski definition) is 4. The van der Waals surface area contributed by atoms with Gasteiger partial charge in [-0.15, -0.1) is 0 Å². The van der Waals surface area contributed by atoms with E-state index in [0.717, 1.165) is 48.2 Å². The van der Waals surface area contributed by atoms with Crippen LogP contribution in [-0.4, -0.2) is 50.1 Å². The molecule has 1 aliphatic carbocycles. The van der Waals surface area contributed by atoms with E-state index in [1.54, 1.807) is 0 Å². The molecular formula is C45H52N4O2. The fraction of sp³-hybridized carbons (Fsp3) is 0.422. The molecule has 3 heterocycles. The van der Waals surface area contributed by atoms with Crippen LogP contribution in [0.1, 0.15) is 92.8 Å². The number of aryl methyl sites for hydroxylation is 1. The number of ether oxygens (including phenoxy) is 1. The summed E-state index contributed by atoms with van der Waals surface area (Å²) in [6.07, 6.45) is 11.4. The first kappa shape index (κ1) is 33.7. The zero-order valence-electron chi connectivity index (χ0n) is 30.1. The van der Waals surface area contributed by atoms with Gasteiger partial charge in [-0.05, 0) is 112 Å². The summed E-state index contributed by atoms with van der Waals surface area (Å²) < 4.78 is 8.49. The molecule has 2 bridgehead atoms. The van der Waals surface area contributed by atoms with Crippen LogP contribution in [0, 0.1) is 6.92 Å². The van der Waals surface area contributed by atoms with Gasteiger partial charge in [0.2, 0.25) is 0 Å². The number of benzene rings is 4. The second-order valence-electron chi connectivity index (χ2n) is 15.4. The van der Waals surface area contributed by atoms with Crippen molar-refractivity contribution < 1.29 is 9.53 Å². The number of imidazole rings is 1. The van der Waals surface area contributed by atoms with Crippen molar-refractivity contribution in [3.63, 3.8) is 0 Å². The second kappa shape index (κ2) is 15.1. The van der Waals surface area contributed by atoms with Crippen LogP contribution in [-0.2, 0) is 23.3 Å². The van der Waals surface area contributed by atoms with E-state index in [1.165, 1.54) is 56.1 Å². The van der Waals surface area contributed by atoms with E-state index in [9.17, 15) is 4.79 Å². The summed E-state index contributed by atoms with van der Waals surface area (Å²) in [5.41, 5.74) is 6.17. The molecule has 264 valence electrons. The van der Waals surface area contributed by atoms with E-state index in [-0.39, 0.29) is 17.6 Å². The highest BCUT2D eigenvalue weighted by molar-refractivity contribution is 5.76. The van der Waals surface area contributed by atoms with Crippen LogP contribution in [0.4, 0.5) is 4.79 Å². The smallest absolute Gasteiger partial charge is 0.410 e. The lowest BCUT2D eigenvalue weighted by Gasteiger charge is -2.45. The fourth-order valence-corrected chi connectivity index (χ4v) is 9.91. The first-order chi connectivity index (χ1) is 25.1. The second-order valence-corrected chi connectivity index (χ2v) is 15.4. The number of piperidine rings is 1. The molecule has 1 aromatic heterocycles. The molecule has 2 saturated heterocycles. The molecule has 3 aliphatic rings. The van der Waals surface area contributed by atoms with Crippen LogP contribution in [0.15, 0.2) is 115 Å². The molecule has 6 heteroatoms. The molecule has 0 N–H and O–H groups in total. The number of fused-ring (bicyclic) bond motifs is 3. The van der Waals surface area contributed by atoms with Gasteiger partial charge in [0.15, 0.2) is 0 Å². The molecule has 4 aromatic carbocycles. The normalized spacial score (nSPS) is 24.8. The summed E-state index contributed by atoms with van der Waals surface area (Å²) in [6, 6.07) is 42.3. The van der Waals surface area contributed by atoms with Crippen molar-refractivity contribution in [1.82, 2.24) is 19.4 Å². The van der Waals surface area contributed by atoms with E-state index in [1.807, 2.05) is 41.3 Å². The lowest BCUT2D eigenvalue weighted by atomic mass is 9.65. The summed E-state index contributed by atoms with van der Waals surface area (Å²) in [5.74, 6) is 1.15.